The first kappa shape index (κ1) is 32.0. The summed E-state index contributed by atoms with van der Waals surface area (Å²) in [5, 5.41) is 0. The normalized spacial score (nSPS) is 13.7. The molecule has 40 heavy (non-hydrogen) atoms. The molecule has 1 aliphatic carbocycles. The lowest BCUT2D eigenvalue weighted by Gasteiger charge is -2.20. The Bertz CT molecular complexity index is 1330. The maximum Gasteiger partial charge on any atom is 0.240 e. The van der Waals surface area contributed by atoms with Gasteiger partial charge < -0.3 is 9.80 Å². The van der Waals surface area contributed by atoms with Crippen molar-refractivity contribution in [2.45, 2.75) is 50.3 Å². The Kier molecular flexibility index (Phi) is 11.2. The standard InChI is InChI=1S/C28H40N4O6S2/c1-5-31(6-2)17-9-15-29-39(35,36)21-11-13-23-25(19-21)28(34)26-20-22(12-14-24(26)27(23)33)40(37,38)30-16-10-18-32(7-3)8-4/h11-14,19-20,29-30H,5-10,15-18H2,1-4H3. The van der Waals surface area contributed by atoms with Crippen LogP contribution in [0.3, 0.4) is 0 Å². The maximum absolute atomic E-state index is 13.4. The Balaban J connectivity index is 1.78. The van der Waals surface area contributed by atoms with Crippen LogP contribution < -0.4 is 9.44 Å². The highest BCUT2D eigenvalue weighted by molar-refractivity contribution is 7.89. The van der Waals surface area contributed by atoms with E-state index >= 15 is 0 Å². The summed E-state index contributed by atoms with van der Waals surface area (Å²) in [5.74, 6) is -1.06. The smallest absolute Gasteiger partial charge is 0.240 e. The Morgan fingerprint density at radius 3 is 1.27 bits per heavy atom. The number of nitrogens with zero attached hydrogens (tertiary/aromatic N) is 2. The molecule has 0 bridgehead atoms. The van der Waals surface area contributed by atoms with Crippen LogP contribution in [0.4, 0.5) is 0 Å². The Morgan fingerprint density at radius 2 is 0.925 bits per heavy atom. The van der Waals surface area contributed by atoms with E-state index in [1.807, 2.05) is 27.7 Å². The number of ketones is 2. The second-order valence-corrected chi connectivity index (χ2v) is 13.2. The number of hydrogen-bond donors (Lipinski definition) is 2. The molecule has 0 atom stereocenters. The highest BCUT2D eigenvalue weighted by atomic mass is 32.2. The van der Waals surface area contributed by atoms with Crippen LogP contribution in [0.1, 0.15) is 72.4 Å². The quantitative estimate of drug-likeness (QED) is 0.243. The van der Waals surface area contributed by atoms with Crippen LogP contribution in [0, 0.1) is 0 Å². The molecule has 1 aliphatic rings. The van der Waals surface area contributed by atoms with Crippen molar-refractivity contribution >= 4 is 31.6 Å². The zero-order valence-corrected chi connectivity index (χ0v) is 25.3. The maximum atomic E-state index is 13.4. The predicted octanol–water partition coefficient (Wildman–Crippen LogP) is 2.48. The van der Waals surface area contributed by atoms with Crippen molar-refractivity contribution in [2.24, 2.45) is 0 Å². The number of benzene rings is 2. The van der Waals surface area contributed by atoms with Crippen molar-refractivity contribution in [1.82, 2.24) is 19.2 Å². The van der Waals surface area contributed by atoms with E-state index in [4.69, 9.17) is 0 Å². The van der Waals surface area contributed by atoms with Crippen LogP contribution in [0.15, 0.2) is 46.2 Å². The molecule has 2 aromatic rings. The van der Waals surface area contributed by atoms with Gasteiger partial charge in [-0.1, -0.05) is 27.7 Å². The van der Waals surface area contributed by atoms with Crippen molar-refractivity contribution in [1.29, 1.82) is 0 Å². The van der Waals surface area contributed by atoms with Crippen LogP contribution in [0.2, 0.25) is 0 Å². The molecule has 2 N–H and O–H groups in total. The predicted molar refractivity (Wildman–Crippen MR) is 155 cm³/mol. The van der Waals surface area contributed by atoms with E-state index in [1.54, 1.807) is 0 Å². The van der Waals surface area contributed by atoms with E-state index in [0.717, 1.165) is 39.3 Å². The number of sulfonamides is 2. The largest absolute Gasteiger partial charge is 0.304 e. The molecule has 0 aromatic heterocycles. The molecule has 0 heterocycles. The Morgan fingerprint density at radius 1 is 0.575 bits per heavy atom. The van der Waals surface area contributed by atoms with Gasteiger partial charge in [0.25, 0.3) is 0 Å². The van der Waals surface area contributed by atoms with Gasteiger partial charge in [0.2, 0.25) is 20.0 Å². The summed E-state index contributed by atoms with van der Waals surface area (Å²) in [4.78, 5) is 30.7. The minimum absolute atomic E-state index is 0.0646. The molecular weight excluding hydrogens is 552 g/mol. The molecule has 10 nitrogen and oxygen atoms in total. The Labute approximate surface area is 238 Å². The van der Waals surface area contributed by atoms with E-state index in [9.17, 15) is 26.4 Å². The van der Waals surface area contributed by atoms with Gasteiger partial charge in [-0.05, 0) is 88.5 Å². The zero-order chi connectivity index (χ0) is 29.5. The monoisotopic (exact) mass is 592 g/mol. The molecular formula is C28H40N4O6S2. The van der Waals surface area contributed by atoms with E-state index in [-0.39, 0.29) is 45.1 Å². The minimum Gasteiger partial charge on any atom is -0.304 e. The summed E-state index contributed by atoms with van der Waals surface area (Å²) in [5.41, 5.74) is 0.0433. The van der Waals surface area contributed by atoms with E-state index in [1.165, 1.54) is 36.4 Å². The van der Waals surface area contributed by atoms with Crippen LogP contribution >= 0.6 is 0 Å². The minimum atomic E-state index is -3.92. The molecule has 12 heteroatoms. The number of carbonyl (C=O) groups excluding carboxylic acids is 2. The number of rotatable bonds is 16. The molecule has 0 unspecified atom stereocenters. The molecule has 0 aliphatic heterocycles. The second-order valence-electron chi connectivity index (χ2n) is 9.63. The van der Waals surface area contributed by atoms with Gasteiger partial charge in [-0.25, -0.2) is 26.3 Å². The van der Waals surface area contributed by atoms with Crippen LogP contribution in [0.25, 0.3) is 0 Å². The van der Waals surface area contributed by atoms with Crippen molar-refractivity contribution in [3.05, 3.63) is 58.7 Å². The third kappa shape index (κ3) is 7.42. The molecule has 3 rings (SSSR count). The molecule has 0 fully saturated rings. The molecule has 0 saturated heterocycles. The van der Waals surface area contributed by atoms with Crippen molar-refractivity contribution in [2.75, 3.05) is 52.4 Å². The van der Waals surface area contributed by atoms with Crippen molar-refractivity contribution < 1.29 is 26.4 Å². The molecule has 0 saturated carbocycles. The fourth-order valence-electron chi connectivity index (χ4n) is 4.71. The van der Waals surface area contributed by atoms with E-state index < -0.39 is 31.6 Å². The number of fused-ring (bicyclic) bond motifs is 2. The summed E-state index contributed by atoms with van der Waals surface area (Å²) in [6.45, 7) is 13.6. The SMILES string of the molecule is CCN(CC)CCCNS(=O)(=O)c1ccc2c(c1)C(=O)c1cc(S(=O)(=O)NCCCN(CC)CC)ccc1C2=O. The van der Waals surface area contributed by atoms with Crippen molar-refractivity contribution in [3.8, 4) is 0 Å². The fraction of sp³-hybridized carbons (Fsp3) is 0.500. The summed E-state index contributed by atoms with van der Waals surface area (Å²) in [6.07, 6.45) is 1.24. The highest BCUT2D eigenvalue weighted by Crippen LogP contribution is 2.30. The first-order valence-corrected chi connectivity index (χ1v) is 16.8. The van der Waals surface area contributed by atoms with Crippen LogP contribution in [-0.4, -0.2) is 90.6 Å². The molecule has 0 radical (unpaired) electrons. The van der Waals surface area contributed by atoms with Gasteiger partial charge >= 0.3 is 0 Å². The van der Waals surface area contributed by atoms with Crippen LogP contribution in [0.5, 0.6) is 0 Å². The number of nitrogens with one attached hydrogen (secondary N) is 2. The van der Waals surface area contributed by atoms with E-state index in [2.05, 4.69) is 19.2 Å². The van der Waals surface area contributed by atoms with Gasteiger partial charge in [-0.2, -0.15) is 0 Å². The summed E-state index contributed by atoms with van der Waals surface area (Å²) in [6, 6.07) is 7.68. The topological polar surface area (TPSA) is 133 Å². The Hall–Kier alpha value is -2.48. The second kappa shape index (κ2) is 13.9. The van der Waals surface area contributed by atoms with Gasteiger partial charge in [0.05, 0.1) is 9.79 Å². The lowest BCUT2D eigenvalue weighted by Crippen LogP contribution is -2.31. The van der Waals surface area contributed by atoms with Gasteiger partial charge in [0.15, 0.2) is 11.6 Å². The molecule has 2 aromatic carbocycles. The number of carbonyl (C=O) groups is 2. The van der Waals surface area contributed by atoms with Gasteiger partial charge in [-0.3, -0.25) is 9.59 Å². The fourth-order valence-corrected chi connectivity index (χ4v) is 6.91. The first-order chi connectivity index (χ1) is 19.0. The van der Waals surface area contributed by atoms with Gasteiger partial charge in [0, 0.05) is 35.3 Å². The van der Waals surface area contributed by atoms with Crippen LogP contribution in [-0.2, 0) is 20.0 Å². The van der Waals surface area contributed by atoms with Crippen molar-refractivity contribution in [3.63, 3.8) is 0 Å². The lowest BCUT2D eigenvalue weighted by molar-refractivity contribution is 0.0978. The summed E-state index contributed by atoms with van der Waals surface area (Å²) in [7, 11) is -7.84. The molecule has 220 valence electrons. The summed E-state index contributed by atoms with van der Waals surface area (Å²) < 4.78 is 56.8. The third-order valence-corrected chi connectivity index (χ3v) is 10.2. The van der Waals surface area contributed by atoms with Gasteiger partial charge in [0.1, 0.15) is 0 Å². The average molecular weight is 593 g/mol. The molecule has 0 spiro atoms. The van der Waals surface area contributed by atoms with E-state index in [0.29, 0.717) is 12.8 Å². The number of hydrogen-bond acceptors (Lipinski definition) is 8. The lowest BCUT2D eigenvalue weighted by atomic mass is 9.84. The third-order valence-electron chi connectivity index (χ3n) is 7.26. The highest BCUT2D eigenvalue weighted by Gasteiger charge is 2.32. The van der Waals surface area contributed by atoms with Gasteiger partial charge in [-0.15, -0.1) is 0 Å². The zero-order valence-electron chi connectivity index (χ0n) is 23.7. The first-order valence-electron chi connectivity index (χ1n) is 13.8. The molecule has 0 amide bonds. The average Bonchev–Trinajstić information content (AvgIpc) is 2.95. The summed E-state index contributed by atoms with van der Waals surface area (Å²) >= 11 is 0.